The van der Waals surface area contributed by atoms with E-state index in [1.807, 2.05) is 12.1 Å². The van der Waals surface area contributed by atoms with E-state index in [0.717, 1.165) is 77.7 Å². The molecule has 8 rings (SSSR count). The van der Waals surface area contributed by atoms with Gasteiger partial charge in [-0.2, -0.15) is 0 Å². The van der Waals surface area contributed by atoms with E-state index >= 15 is 0 Å². The van der Waals surface area contributed by atoms with Gasteiger partial charge in [0, 0.05) is 27.6 Å². The molecule has 0 aliphatic rings. The number of phenolic OH excluding ortho intramolecular Hbond substituents is 1. The van der Waals surface area contributed by atoms with Crippen LogP contribution in [0.2, 0.25) is 0 Å². The molecule has 0 fully saturated rings. The van der Waals surface area contributed by atoms with Crippen molar-refractivity contribution in [1.82, 2.24) is 14.5 Å². The topological polar surface area (TPSA) is 50.9 Å². The number of aromatic nitrogens is 3. The van der Waals surface area contributed by atoms with E-state index < -0.39 is 0 Å². The van der Waals surface area contributed by atoms with Crippen LogP contribution in [0, 0.1) is 0 Å². The van der Waals surface area contributed by atoms with Crippen molar-refractivity contribution in [2.24, 2.45) is 0 Å². The van der Waals surface area contributed by atoms with Crippen LogP contribution in [0.1, 0.15) is 52.8 Å². The fraction of sp³-hybridized carbons (Fsp3) is 0.174. The second kappa shape index (κ2) is 11.7. The maximum Gasteiger partial charge on any atom is 0.164 e. The molecule has 246 valence electrons. The molecule has 0 amide bonds. The van der Waals surface area contributed by atoms with Crippen LogP contribution in [0.15, 0.2) is 133 Å². The molecule has 0 saturated carbocycles. The summed E-state index contributed by atoms with van der Waals surface area (Å²) >= 11 is 0. The van der Waals surface area contributed by atoms with E-state index in [4.69, 9.17) is 9.97 Å². The Morgan fingerprint density at radius 3 is 2.04 bits per heavy atom. The summed E-state index contributed by atoms with van der Waals surface area (Å²) in [4.78, 5) is 10.9. The zero-order chi connectivity index (χ0) is 34.8. The van der Waals surface area contributed by atoms with E-state index in [1.165, 1.54) is 5.56 Å². The van der Waals surface area contributed by atoms with E-state index in [2.05, 4.69) is 161 Å². The van der Waals surface area contributed by atoms with Crippen molar-refractivity contribution in [2.45, 2.75) is 52.4 Å². The quantitative estimate of drug-likeness (QED) is 0.193. The molecule has 0 saturated heterocycles. The maximum absolute atomic E-state index is 11.0. The summed E-state index contributed by atoms with van der Waals surface area (Å²) in [5.74, 6) is 1.09. The first kappa shape index (κ1) is 31.5. The lowest BCUT2D eigenvalue weighted by Crippen LogP contribution is -2.19. The normalized spacial score (nSPS) is 12.3. The molecule has 0 unspecified atom stereocenters. The van der Waals surface area contributed by atoms with E-state index in [9.17, 15) is 5.11 Å². The lowest BCUT2D eigenvalue weighted by atomic mass is 9.83. The van der Waals surface area contributed by atoms with Crippen LogP contribution >= 0.6 is 0 Å². The first-order valence-electron chi connectivity index (χ1n) is 17.3. The summed E-state index contributed by atoms with van der Waals surface area (Å²) in [7, 11) is 0. The van der Waals surface area contributed by atoms with Gasteiger partial charge < -0.3 is 5.11 Å². The molecule has 1 N–H and O–H groups in total. The molecule has 2 aromatic heterocycles. The summed E-state index contributed by atoms with van der Waals surface area (Å²) in [5.41, 5.74) is 10.1. The Morgan fingerprint density at radius 2 is 1.26 bits per heavy atom. The number of phenols is 1. The number of fused-ring (bicyclic) bond motifs is 4. The molecule has 0 aliphatic carbocycles. The number of hydrogen-bond donors (Lipinski definition) is 1. The first-order valence-corrected chi connectivity index (χ1v) is 17.3. The predicted molar refractivity (Wildman–Crippen MR) is 209 cm³/mol. The Bertz CT molecular complexity index is 2530. The number of benzene rings is 6. The van der Waals surface area contributed by atoms with Crippen molar-refractivity contribution in [3.63, 3.8) is 0 Å². The Balaban J connectivity index is 1.46. The fourth-order valence-electron chi connectivity index (χ4n) is 7.00. The van der Waals surface area contributed by atoms with Gasteiger partial charge in [-0.25, -0.2) is 9.97 Å². The molecule has 50 heavy (non-hydrogen) atoms. The molecule has 0 bridgehead atoms. The monoisotopic (exact) mass is 651 g/mol. The number of imidazole rings is 1. The van der Waals surface area contributed by atoms with Crippen LogP contribution in [0.3, 0.4) is 0 Å². The summed E-state index contributed by atoms with van der Waals surface area (Å²) in [6.45, 7) is 13.4. The van der Waals surface area contributed by atoms with Crippen LogP contribution in [0.4, 0.5) is 0 Å². The second-order valence-corrected chi connectivity index (χ2v) is 15.3. The smallest absolute Gasteiger partial charge is 0.164 e. The minimum Gasteiger partial charge on any atom is -0.507 e. The number of pyridine rings is 1. The Morgan fingerprint density at radius 1 is 0.560 bits per heavy atom. The molecule has 8 aromatic rings. The fourth-order valence-corrected chi connectivity index (χ4v) is 7.00. The molecule has 4 nitrogen and oxygen atoms in total. The maximum atomic E-state index is 11.0. The number of hydrogen-bond acceptors (Lipinski definition) is 3. The highest BCUT2D eigenvalue weighted by molar-refractivity contribution is 6.12. The lowest BCUT2D eigenvalue weighted by Gasteiger charge is -2.25. The molecule has 6 aromatic carbocycles. The van der Waals surface area contributed by atoms with Crippen LogP contribution in [-0.2, 0) is 10.8 Å². The van der Waals surface area contributed by atoms with Crippen molar-refractivity contribution in [1.29, 1.82) is 0 Å². The zero-order valence-corrected chi connectivity index (χ0v) is 29.5. The summed E-state index contributed by atoms with van der Waals surface area (Å²) in [6.07, 6.45) is 0. The molecule has 0 atom stereocenters. The van der Waals surface area contributed by atoms with Crippen LogP contribution < -0.4 is 0 Å². The van der Waals surface area contributed by atoms with Gasteiger partial charge in [-0.05, 0) is 74.7 Å². The van der Waals surface area contributed by atoms with E-state index in [0.29, 0.717) is 0 Å². The van der Waals surface area contributed by atoms with Gasteiger partial charge in [0.2, 0.25) is 0 Å². The third-order valence-corrected chi connectivity index (χ3v) is 9.75. The average Bonchev–Trinajstić information content (AvgIpc) is 3.51. The van der Waals surface area contributed by atoms with Gasteiger partial charge >= 0.3 is 0 Å². The van der Waals surface area contributed by atoms with Crippen LogP contribution in [0.25, 0.3) is 72.0 Å². The largest absolute Gasteiger partial charge is 0.507 e. The van der Waals surface area contributed by atoms with E-state index in [-0.39, 0.29) is 16.6 Å². The number of para-hydroxylation sites is 2. The highest BCUT2D eigenvalue weighted by atomic mass is 16.3. The van der Waals surface area contributed by atoms with Gasteiger partial charge in [0.05, 0.1) is 16.7 Å². The molecular formula is C46H41N3O. The van der Waals surface area contributed by atoms with Crippen LogP contribution in [-0.4, -0.2) is 19.6 Å². The summed E-state index contributed by atoms with van der Waals surface area (Å²) in [5, 5.41) is 14.9. The van der Waals surface area contributed by atoms with Crippen molar-refractivity contribution in [3.8, 4) is 45.2 Å². The predicted octanol–water partition coefficient (Wildman–Crippen LogP) is 12.0. The third-order valence-electron chi connectivity index (χ3n) is 9.75. The van der Waals surface area contributed by atoms with Gasteiger partial charge in [0.1, 0.15) is 11.4 Å². The van der Waals surface area contributed by atoms with Gasteiger partial charge in [-0.15, -0.1) is 0 Å². The minimum atomic E-state index is -0.153. The molecule has 0 spiro atoms. The summed E-state index contributed by atoms with van der Waals surface area (Å²) < 4.78 is 2.30. The minimum absolute atomic E-state index is 0.0823. The number of nitrogens with zero attached hydrogens (tertiary/aromatic N) is 3. The third kappa shape index (κ3) is 5.42. The highest BCUT2D eigenvalue weighted by Crippen LogP contribution is 2.41. The number of aromatic hydroxyl groups is 1. The zero-order valence-electron chi connectivity index (χ0n) is 29.5. The summed E-state index contributed by atoms with van der Waals surface area (Å²) in [6, 6.07) is 46.4. The lowest BCUT2D eigenvalue weighted by molar-refractivity contribution is 0.482. The Kier molecular flexibility index (Phi) is 7.38. The van der Waals surface area contributed by atoms with Gasteiger partial charge in [-0.3, -0.25) is 4.57 Å². The molecule has 0 aliphatic heterocycles. The molecule has 4 heteroatoms. The molecule has 2 heterocycles. The number of rotatable bonds is 4. The van der Waals surface area contributed by atoms with Crippen molar-refractivity contribution in [2.75, 3.05) is 0 Å². The molecular weight excluding hydrogens is 611 g/mol. The van der Waals surface area contributed by atoms with Gasteiger partial charge in [-0.1, -0.05) is 139 Å². The van der Waals surface area contributed by atoms with Gasteiger partial charge in [0.25, 0.3) is 0 Å². The Labute approximate surface area is 293 Å². The van der Waals surface area contributed by atoms with Crippen LogP contribution in [0.5, 0.6) is 5.75 Å². The molecule has 0 radical (unpaired) electrons. The SMILES string of the molecule is CC(C)(C)c1cc(-c2nc3c(-c4ccc5ccc6cccc(O)c6c5c4)cccc3n2-c2ccccc2-c2ccccc2)nc(C(C)(C)C)c1. The van der Waals surface area contributed by atoms with Gasteiger partial charge in [0.15, 0.2) is 5.82 Å². The van der Waals surface area contributed by atoms with Crippen molar-refractivity contribution >= 4 is 32.6 Å². The van der Waals surface area contributed by atoms with E-state index in [1.54, 1.807) is 6.07 Å². The first-order chi connectivity index (χ1) is 24.0. The second-order valence-electron chi connectivity index (χ2n) is 15.3. The highest BCUT2D eigenvalue weighted by Gasteiger charge is 2.26. The standard InChI is InChI=1S/C46H41N3O/c1-45(2,3)33-27-37(47-41(28-33)46(4,5)6)44-48-43-35(32-25-23-30-22-24-31-16-12-21-40(50)42(31)36(30)26-32)18-13-20-39(43)49(44)38-19-11-10-17-34(38)29-14-8-7-9-15-29/h7-28,50H,1-6H3. The average molecular weight is 652 g/mol. The van der Waals surface area contributed by atoms with Crippen molar-refractivity contribution < 1.29 is 5.11 Å². The van der Waals surface area contributed by atoms with Crippen molar-refractivity contribution in [3.05, 3.63) is 145 Å². The Hall–Kier alpha value is -5.74.